The molecule has 2 N–H and O–H groups in total. The Bertz CT molecular complexity index is 516. The Kier molecular flexibility index (Phi) is 5.30. The standard InChI is InChI=1S/C17H28N4O2/c1-13-19-16(21-23-13)17(10-5-2-6-11-17)18-12-9-15(22)20-14-7-3-4-8-14/h14,18H,2-12H2,1H3,(H,20,22). The molecule has 0 bridgehead atoms. The third-order valence-corrected chi connectivity index (χ3v) is 5.20. The van der Waals surface area contributed by atoms with Crippen molar-refractivity contribution in [2.24, 2.45) is 0 Å². The molecule has 2 aliphatic carbocycles. The second kappa shape index (κ2) is 7.43. The maximum absolute atomic E-state index is 12.1. The lowest BCUT2D eigenvalue weighted by molar-refractivity contribution is -0.121. The van der Waals surface area contributed by atoms with Crippen molar-refractivity contribution in [2.45, 2.75) is 82.7 Å². The Morgan fingerprint density at radius 3 is 2.61 bits per heavy atom. The van der Waals surface area contributed by atoms with Gasteiger partial charge < -0.3 is 15.2 Å². The number of rotatable bonds is 6. The van der Waals surface area contributed by atoms with Gasteiger partial charge in [0.1, 0.15) is 0 Å². The molecule has 0 spiro atoms. The lowest BCUT2D eigenvalue weighted by Crippen LogP contribution is -2.46. The van der Waals surface area contributed by atoms with Gasteiger partial charge in [0.05, 0.1) is 5.54 Å². The molecule has 23 heavy (non-hydrogen) atoms. The minimum absolute atomic E-state index is 0.152. The molecule has 0 saturated heterocycles. The van der Waals surface area contributed by atoms with Gasteiger partial charge in [-0.3, -0.25) is 4.79 Å². The summed E-state index contributed by atoms with van der Waals surface area (Å²) < 4.78 is 5.18. The van der Waals surface area contributed by atoms with Crippen LogP contribution in [0, 0.1) is 6.92 Å². The van der Waals surface area contributed by atoms with Gasteiger partial charge in [-0.15, -0.1) is 0 Å². The van der Waals surface area contributed by atoms with E-state index in [-0.39, 0.29) is 11.4 Å². The van der Waals surface area contributed by atoms with Crippen LogP contribution in [-0.2, 0) is 10.3 Å². The summed E-state index contributed by atoms with van der Waals surface area (Å²) in [5.74, 6) is 1.51. The maximum atomic E-state index is 12.1. The summed E-state index contributed by atoms with van der Waals surface area (Å²) in [6.45, 7) is 2.48. The SMILES string of the molecule is Cc1nc(C2(NCCC(=O)NC3CCCC3)CCCCC2)no1. The third-order valence-electron chi connectivity index (χ3n) is 5.20. The topological polar surface area (TPSA) is 80.0 Å². The number of hydrogen-bond donors (Lipinski definition) is 2. The van der Waals surface area contributed by atoms with Gasteiger partial charge in [0.25, 0.3) is 0 Å². The van der Waals surface area contributed by atoms with Crippen LogP contribution in [0.4, 0.5) is 0 Å². The fourth-order valence-corrected chi connectivity index (χ4v) is 3.91. The van der Waals surface area contributed by atoms with Crippen molar-refractivity contribution in [2.75, 3.05) is 6.54 Å². The van der Waals surface area contributed by atoms with Crippen molar-refractivity contribution in [3.8, 4) is 0 Å². The van der Waals surface area contributed by atoms with Crippen molar-refractivity contribution in [3.05, 3.63) is 11.7 Å². The number of amides is 1. The van der Waals surface area contributed by atoms with E-state index in [0.29, 0.717) is 24.9 Å². The fourth-order valence-electron chi connectivity index (χ4n) is 3.91. The molecule has 1 heterocycles. The van der Waals surface area contributed by atoms with Crippen molar-refractivity contribution in [1.29, 1.82) is 0 Å². The Morgan fingerprint density at radius 1 is 1.22 bits per heavy atom. The number of nitrogens with zero attached hydrogens (tertiary/aromatic N) is 2. The van der Waals surface area contributed by atoms with Crippen LogP contribution >= 0.6 is 0 Å². The summed E-state index contributed by atoms with van der Waals surface area (Å²) in [5.41, 5.74) is -0.219. The molecule has 3 rings (SSSR count). The Hall–Kier alpha value is -1.43. The van der Waals surface area contributed by atoms with Crippen LogP contribution in [0.1, 0.15) is 75.9 Å². The lowest BCUT2D eigenvalue weighted by Gasteiger charge is -2.35. The van der Waals surface area contributed by atoms with Gasteiger partial charge in [-0.2, -0.15) is 4.98 Å². The summed E-state index contributed by atoms with van der Waals surface area (Å²) in [6.07, 6.45) is 10.8. The summed E-state index contributed by atoms with van der Waals surface area (Å²) in [6, 6.07) is 0.394. The number of carbonyl (C=O) groups excluding carboxylic acids is 1. The minimum atomic E-state index is -0.219. The number of hydrogen-bond acceptors (Lipinski definition) is 5. The summed E-state index contributed by atoms with van der Waals surface area (Å²) in [4.78, 5) is 16.5. The highest BCUT2D eigenvalue weighted by atomic mass is 16.5. The molecular formula is C17H28N4O2. The molecule has 2 aliphatic rings. The van der Waals surface area contributed by atoms with Gasteiger partial charge in [-0.25, -0.2) is 0 Å². The van der Waals surface area contributed by atoms with Crippen LogP contribution in [0.2, 0.25) is 0 Å². The number of carbonyl (C=O) groups is 1. The highest BCUT2D eigenvalue weighted by molar-refractivity contribution is 5.76. The molecule has 1 amide bonds. The van der Waals surface area contributed by atoms with Crippen molar-refractivity contribution >= 4 is 5.91 Å². The molecular weight excluding hydrogens is 292 g/mol. The fraction of sp³-hybridized carbons (Fsp3) is 0.824. The predicted molar refractivity (Wildman–Crippen MR) is 86.8 cm³/mol. The Balaban J connectivity index is 1.53. The first-order chi connectivity index (χ1) is 11.2. The van der Waals surface area contributed by atoms with Crippen LogP contribution in [-0.4, -0.2) is 28.6 Å². The van der Waals surface area contributed by atoms with Gasteiger partial charge >= 0.3 is 0 Å². The molecule has 1 aromatic rings. The molecule has 6 nitrogen and oxygen atoms in total. The number of aromatic nitrogens is 2. The van der Waals surface area contributed by atoms with E-state index >= 15 is 0 Å². The van der Waals surface area contributed by atoms with Gasteiger partial charge in [0.15, 0.2) is 5.82 Å². The highest BCUT2D eigenvalue weighted by Gasteiger charge is 2.37. The molecule has 1 aromatic heterocycles. The monoisotopic (exact) mass is 320 g/mol. The molecule has 0 atom stereocenters. The normalized spacial score (nSPS) is 21.4. The quantitative estimate of drug-likeness (QED) is 0.842. The van der Waals surface area contributed by atoms with Crippen LogP contribution in [0.25, 0.3) is 0 Å². The molecule has 128 valence electrons. The summed E-state index contributed by atoms with van der Waals surface area (Å²) >= 11 is 0. The van der Waals surface area contributed by atoms with E-state index in [1.54, 1.807) is 0 Å². The second-order valence-corrected chi connectivity index (χ2v) is 7.01. The van der Waals surface area contributed by atoms with Crippen molar-refractivity contribution in [1.82, 2.24) is 20.8 Å². The zero-order valence-corrected chi connectivity index (χ0v) is 14.1. The van der Waals surface area contributed by atoms with Gasteiger partial charge in [0, 0.05) is 25.9 Å². The zero-order chi connectivity index (χ0) is 16.1. The molecule has 2 saturated carbocycles. The zero-order valence-electron chi connectivity index (χ0n) is 14.1. The van der Waals surface area contributed by atoms with Crippen LogP contribution < -0.4 is 10.6 Å². The average Bonchev–Trinajstić information content (AvgIpc) is 3.20. The Morgan fingerprint density at radius 2 is 1.96 bits per heavy atom. The number of nitrogens with one attached hydrogen (secondary N) is 2. The smallest absolute Gasteiger partial charge is 0.223 e. The first-order valence-corrected chi connectivity index (χ1v) is 9.03. The van der Waals surface area contributed by atoms with Gasteiger partial charge in [-0.05, 0) is 25.7 Å². The van der Waals surface area contributed by atoms with Crippen molar-refractivity contribution < 1.29 is 9.32 Å². The Labute approximate surface area is 137 Å². The number of aryl methyl sites for hydroxylation is 1. The van der Waals surface area contributed by atoms with E-state index in [1.165, 1.54) is 19.3 Å². The minimum Gasteiger partial charge on any atom is -0.353 e. The second-order valence-electron chi connectivity index (χ2n) is 7.01. The first-order valence-electron chi connectivity index (χ1n) is 9.03. The van der Waals surface area contributed by atoms with E-state index in [2.05, 4.69) is 20.8 Å². The van der Waals surface area contributed by atoms with Gasteiger partial charge in [-0.1, -0.05) is 37.3 Å². The molecule has 0 aliphatic heterocycles. The van der Waals surface area contributed by atoms with Crippen LogP contribution in [0.15, 0.2) is 4.52 Å². The largest absolute Gasteiger partial charge is 0.353 e. The van der Waals surface area contributed by atoms with E-state index in [0.717, 1.165) is 44.3 Å². The average molecular weight is 320 g/mol. The molecule has 0 radical (unpaired) electrons. The highest BCUT2D eigenvalue weighted by Crippen LogP contribution is 2.35. The van der Waals surface area contributed by atoms with E-state index in [4.69, 9.17) is 4.52 Å². The maximum Gasteiger partial charge on any atom is 0.223 e. The molecule has 0 unspecified atom stereocenters. The molecule has 0 aromatic carbocycles. The predicted octanol–water partition coefficient (Wildman–Crippen LogP) is 2.58. The van der Waals surface area contributed by atoms with E-state index in [1.807, 2.05) is 6.92 Å². The molecule has 2 fully saturated rings. The van der Waals surface area contributed by atoms with Crippen molar-refractivity contribution in [3.63, 3.8) is 0 Å². The van der Waals surface area contributed by atoms with E-state index in [9.17, 15) is 4.79 Å². The van der Waals surface area contributed by atoms with E-state index < -0.39 is 0 Å². The third kappa shape index (κ3) is 4.10. The summed E-state index contributed by atoms with van der Waals surface area (Å²) in [5, 5.41) is 10.9. The van der Waals surface area contributed by atoms with Gasteiger partial charge in [0.2, 0.25) is 11.8 Å². The lowest BCUT2D eigenvalue weighted by atomic mass is 9.81. The molecule has 6 heteroatoms. The van der Waals surface area contributed by atoms with Crippen LogP contribution in [0.3, 0.4) is 0 Å². The van der Waals surface area contributed by atoms with Crippen LogP contribution in [0.5, 0.6) is 0 Å². The summed E-state index contributed by atoms with van der Waals surface area (Å²) in [7, 11) is 0. The first kappa shape index (κ1) is 16.4.